The quantitative estimate of drug-likeness (QED) is 0.395. The van der Waals surface area contributed by atoms with Crippen molar-refractivity contribution in [2.24, 2.45) is 0 Å². The maximum absolute atomic E-state index is 10.0. The van der Waals surface area contributed by atoms with Gasteiger partial charge in [-0.3, -0.25) is 0 Å². The molecule has 2 aromatic heterocycles. The van der Waals surface area contributed by atoms with Crippen molar-refractivity contribution in [1.29, 1.82) is 5.26 Å². The van der Waals surface area contributed by atoms with Gasteiger partial charge in [-0.2, -0.15) is 16.6 Å². The van der Waals surface area contributed by atoms with Gasteiger partial charge in [0.2, 0.25) is 0 Å². The number of thiophene rings is 2. The zero-order chi connectivity index (χ0) is 21.7. The van der Waals surface area contributed by atoms with Gasteiger partial charge in [-0.05, 0) is 68.4 Å². The summed E-state index contributed by atoms with van der Waals surface area (Å²) in [5.74, 6) is 0. The molecular formula is C23H27B2NO2S2. The van der Waals surface area contributed by atoms with Crippen LogP contribution in [0.2, 0.25) is 0 Å². The molecule has 154 valence electrons. The van der Waals surface area contributed by atoms with Crippen LogP contribution in [0.4, 0.5) is 0 Å². The lowest BCUT2D eigenvalue weighted by Crippen LogP contribution is -2.41. The fraction of sp³-hybridized carbons (Fsp3) is 0.522. The zero-order valence-corrected chi connectivity index (χ0v) is 20.1. The second-order valence-corrected chi connectivity index (χ2v) is 11.3. The second kappa shape index (κ2) is 7.98. The number of nitriles is 1. The van der Waals surface area contributed by atoms with E-state index in [4.69, 9.17) is 17.2 Å². The summed E-state index contributed by atoms with van der Waals surface area (Å²) >= 11 is 3.27. The summed E-state index contributed by atoms with van der Waals surface area (Å²) in [7, 11) is 5.77. The lowest BCUT2D eigenvalue weighted by Gasteiger charge is -2.32. The van der Waals surface area contributed by atoms with Crippen LogP contribution in [0.5, 0.6) is 0 Å². The molecule has 2 radical (unpaired) electrons. The highest BCUT2D eigenvalue weighted by Crippen LogP contribution is 2.41. The molecule has 4 rings (SSSR count). The summed E-state index contributed by atoms with van der Waals surface area (Å²) in [4.78, 5) is 0. The number of aryl methyl sites for hydroxylation is 1. The van der Waals surface area contributed by atoms with E-state index < -0.39 is 7.12 Å². The Kier molecular flexibility index (Phi) is 5.83. The Balaban J connectivity index is 1.85. The van der Waals surface area contributed by atoms with Gasteiger partial charge in [0.25, 0.3) is 0 Å². The SMILES string of the molecule is [B]c1cc2c(C#N)c(CCCCCC)c3cc(B4OC(C)(C)C(C)(C)O4)sc3c2s1. The molecule has 3 heterocycles. The number of fused-ring (bicyclic) bond motifs is 3. The Morgan fingerprint density at radius 3 is 2.30 bits per heavy atom. The van der Waals surface area contributed by atoms with E-state index in [0.717, 1.165) is 49.0 Å². The average Bonchev–Trinajstić information content (AvgIpc) is 3.32. The molecule has 7 heteroatoms. The molecule has 30 heavy (non-hydrogen) atoms. The normalized spacial score (nSPS) is 17.8. The number of hydrogen-bond donors (Lipinski definition) is 0. The first-order chi connectivity index (χ1) is 14.2. The lowest BCUT2D eigenvalue weighted by molar-refractivity contribution is 0.00578. The standard InChI is InChI=1S/C23H27B2NO2S2/c1-6-7-8-9-10-14-16-12-19(25-27-22(2,3)23(4,5)28-25)30-21(16)20-15(17(14)13-26)11-18(24)29-20/h11-12H,6-10H2,1-5H3. The number of nitrogens with zero attached hydrogens (tertiary/aromatic N) is 1. The smallest absolute Gasteiger partial charge is 0.399 e. The Bertz CT molecular complexity index is 1120. The van der Waals surface area contributed by atoms with E-state index in [1.54, 1.807) is 22.7 Å². The maximum Gasteiger partial charge on any atom is 0.505 e. The van der Waals surface area contributed by atoms with Crippen LogP contribution >= 0.6 is 22.7 Å². The molecule has 0 amide bonds. The topological polar surface area (TPSA) is 42.2 Å². The van der Waals surface area contributed by atoms with Gasteiger partial charge in [-0.25, -0.2) is 0 Å². The van der Waals surface area contributed by atoms with Crippen LogP contribution in [0, 0.1) is 11.3 Å². The highest BCUT2D eigenvalue weighted by molar-refractivity contribution is 7.34. The predicted octanol–water partition coefficient (Wildman–Crippen LogP) is 5.20. The molecular weight excluding hydrogens is 408 g/mol. The lowest BCUT2D eigenvalue weighted by atomic mass is 9.86. The molecule has 1 fully saturated rings. The molecule has 0 bridgehead atoms. The van der Waals surface area contributed by atoms with Crippen LogP contribution in [0.1, 0.15) is 71.4 Å². The highest BCUT2D eigenvalue weighted by Gasteiger charge is 2.52. The summed E-state index contributed by atoms with van der Waals surface area (Å²) < 4.78 is 16.7. The van der Waals surface area contributed by atoms with Crippen molar-refractivity contribution in [2.45, 2.75) is 77.9 Å². The van der Waals surface area contributed by atoms with E-state index in [1.165, 1.54) is 24.0 Å². The van der Waals surface area contributed by atoms with Gasteiger partial charge >= 0.3 is 7.12 Å². The van der Waals surface area contributed by atoms with Crippen LogP contribution in [0.25, 0.3) is 20.2 Å². The van der Waals surface area contributed by atoms with Crippen molar-refractivity contribution in [3.63, 3.8) is 0 Å². The third kappa shape index (κ3) is 3.62. The zero-order valence-electron chi connectivity index (χ0n) is 18.4. The Hall–Kier alpha value is -1.32. The van der Waals surface area contributed by atoms with E-state index in [1.807, 2.05) is 6.07 Å². The molecule has 1 aliphatic rings. The minimum atomic E-state index is -0.391. The first-order valence-corrected chi connectivity index (χ1v) is 12.3. The Labute approximate surface area is 188 Å². The Morgan fingerprint density at radius 1 is 1.00 bits per heavy atom. The molecule has 1 saturated heterocycles. The van der Waals surface area contributed by atoms with Crippen LogP contribution in [-0.4, -0.2) is 26.2 Å². The van der Waals surface area contributed by atoms with Crippen molar-refractivity contribution < 1.29 is 9.31 Å². The molecule has 1 aromatic carbocycles. The molecule has 3 aromatic rings. The number of hydrogen-bond acceptors (Lipinski definition) is 5. The molecule has 0 unspecified atom stereocenters. The van der Waals surface area contributed by atoms with E-state index in [-0.39, 0.29) is 11.2 Å². The monoisotopic (exact) mass is 435 g/mol. The number of unbranched alkanes of at least 4 members (excludes halogenated alkanes) is 3. The molecule has 0 saturated carbocycles. The van der Waals surface area contributed by atoms with Crippen molar-refractivity contribution >= 4 is 67.4 Å². The molecule has 0 spiro atoms. The van der Waals surface area contributed by atoms with Crippen LogP contribution in [-0.2, 0) is 15.7 Å². The van der Waals surface area contributed by atoms with Crippen molar-refractivity contribution in [1.82, 2.24) is 0 Å². The second-order valence-electron chi connectivity index (χ2n) is 9.15. The summed E-state index contributed by atoms with van der Waals surface area (Å²) in [6.45, 7) is 10.5. The molecule has 0 aliphatic carbocycles. The molecule has 0 N–H and O–H groups in total. The summed E-state index contributed by atoms with van der Waals surface area (Å²) in [5, 5.41) is 12.2. The third-order valence-electron chi connectivity index (χ3n) is 6.48. The van der Waals surface area contributed by atoms with Gasteiger partial charge in [0.05, 0.1) is 26.2 Å². The van der Waals surface area contributed by atoms with Crippen LogP contribution in [0.15, 0.2) is 12.1 Å². The first kappa shape index (κ1) is 21.9. The van der Waals surface area contributed by atoms with Gasteiger partial charge < -0.3 is 9.31 Å². The van der Waals surface area contributed by atoms with Gasteiger partial charge in [-0.15, -0.1) is 11.3 Å². The fourth-order valence-electron chi connectivity index (χ4n) is 4.06. The van der Waals surface area contributed by atoms with Gasteiger partial charge in [0.1, 0.15) is 13.9 Å². The summed E-state index contributed by atoms with van der Waals surface area (Å²) in [6, 6.07) is 6.63. The van der Waals surface area contributed by atoms with Crippen molar-refractivity contribution in [3.8, 4) is 6.07 Å². The van der Waals surface area contributed by atoms with Gasteiger partial charge in [0.15, 0.2) is 0 Å². The molecule has 3 nitrogen and oxygen atoms in total. The summed E-state index contributed by atoms with van der Waals surface area (Å²) in [6.07, 6.45) is 5.60. The van der Waals surface area contributed by atoms with Crippen molar-refractivity contribution in [3.05, 3.63) is 23.3 Å². The minimum absolute atomic E-state index is 0.378. The summed E-state index contributed by atoms with van der Waals surface area (Å²) in [5.41, 5.74) is 1.17. The molecule has 0 atom stereocenters. The fourth-order valence-corrected chi connectivity index (χ4v) is 6.29. The van der Waals surface area contributed by atoms with Crippen molar-refractivity contribution in [2.75, 3.05) is 0 Å². The van der Waals surface area contributed by atoms with Crippen LogP contribution < -0.4 is 9.55 Å². The number of rotatable bonds is 6. The van der Waals surface area contributed by atoms with Gasteiger partial charge in [0, 0.05) is 10.2 Å². The first-order valence-electron chi connectivity index (χ1n) is 10.7. The van der Waals surface area contributed by atoms with E-state index in [2.05, 4.69) is 46.8 Å². The average molecular weight is 435 g/mol. The third-order valence-corrected chi connectivity index (χ3v) is 8.77. The predicted molar refractivity (Wildman–Crippen MR) is 131 cm³/mol. The molecule has 1 aliphatic heterocycles. The largest absolute Gasteiger partial charge is 0.505 e. The highest BCUT2D eigenvalue weighted by atomic mass is 32.1. The number of benzene rings is 1. The van der Waals surface area contributed by atoms with E-state index >= 15 is 0 Å². The maximum atomic E-state index is 10.0. The van der Waals surface area contributed by atoms with Crippen LogP contribution in [0.3, 0.4) is 0 Å². The van der Waals surface area contributed by atoms with E-state index in [0.29, 0.717) is 0 Å². The van der Waals surface area contributed by atoms with Gasteiger partial charge in [-0.1, -0.05) is 26.2 Å². The van der Waals surface area contributed by atoms with E-state index in [9.17, 15) is 5.26 Å². The minimum Gasteiger partial charge on any atom is -0.399 e. The Morgan fingerprint density at radius 2 is 1.67 bits per heavy atom.